The largest absolute Gasteiger partial charge is 0.310 e. The highest BCUT2D eigenvalue weighted by atomic mass is 15.1. The summed E-state index contributed by atoms with van der Waals surface area (Å²) in [5.41, 5.74) is 32.7. The first-order valence-corrected chi connectivity index (χ1v) is 31.4. The van der Waals surface area contributed by atoms with Crippen LogP contribution in [0.2, 0.25) is 0 Å². The molecule has 0 unspecified atom stereocenters. The quantitative estimate of drug-likeness (QED) is 0.140. The van der Waals surface area contributed by atoms with Crippen LogP contribution in [0, 0.1) is 0 Å². The fraction of sp³-hybridized carbons (Fsp3) is 0.140. The molecule has 4 aliphatic rings. The van der Waals surface area contributed by atoms with Gasteiger partial charge >= 0.3 is 0 Å². The zero-order valence-electron chi connectivity index (χ0n) is 51.3. The van der Waals surface area contributed by atoms with Gasteiger partial charge in [0, 0.05) is 55.8 Å². The summed E-state index contributed by atoms with van der Waals surface area (Å²) < 4.78 is 0. The lowest BCUT2D eigenvalue weighted by molar-refractivity contribution is 0.659. The molecule has 0 heterocycles. The van der Waals surface area contributed by atoms with E-state index in [2.05, 4.69) is 332 Å². The highest BCUT2D eigenvalue weighted by Gasteiger charge is 2.40. The zero-order chi connectivity index (χ0) is 59.6. The Balaban J connectivity index is 0.780. The Bertz CT molecular complexity index is 4500. The van der Waals surface area contributed by atoms with Gasteiger partial charge in [0.05, 0.1) is 0 Å². The minimum absolute atomic E-state index is 0.141. The minimum Gasteiger partial charge on any atom is -0.310 e. The number of anilines is 6. The molecule has 88 heavy (non-hydrogen) atoms. The van der Waals surface area contributed by atoms with Crippen LogP contribution in [0.3, 0.4) is 0 Å². The van der Waals surface area contributed by atoms with Crippen LogP contribution in [0.4, 0.5) is 34.1 Å². The van der Waals surface area contributed by atoms with Gasteiger partial charge in [0.1, 0.15) is 0 Å². The van der Waals surface area contributed by atoms with Crippen molar-refractivity contribution in [3.8, 4) is 66.8 Å². The van der Waals surface area contributed by atoms with Crippen molar-refractivity contribution in [2.45, 2.75) is 77.0 Å². The standard InChI is InChI=1S/C86H68N2/c1-83(2)73-29-17-13-21-61(73)65-45-41-57(49-77(65)83)87(58-42-46-66-62-22-14-18-30-74(62)84(3,4)78(66)50-58)55-37-33-53(34-38-55)81-69-25-9-11-27-71(69)82(72-28-12-10-26-70(72)81)54-35-39-56(40-36-54)88(59-43-47-67-63-23-15-19-31-75(63)85(5,6)79(67)51-59)60-44-48-68-64-24-16-20-32-76(64)86(7,8)80(68)52-60/h9-52H,1-8H3. The van der Waals surface area contributed by atoms with Crippen LogP contribution in [-0.2, 0) is 21.7 Å². The summed E-state index contributed by atoms with van der Waals surface area (Å²) in [7, 11) is 0. The maximum Gasteiger partial charge on any atom is 0.0465 e. The third-order valence-corrected chi connectivity index (χ3v) is 21.1. The third-order valence-electron chi connectivity index (χ3n) is 21.1. The molecule has 422 valence electrons. The number of rotatable bonds is 8. The summed E-state index contributed by atoms with van der Waals surface area (Å²) in [6.07, 6.45) is 0. The summed E-state index contributed by atoms with van der Waals surface area (Å²) in [5, 5.41) is 4.93. The van der Waals surface area contributed by atoms with Crippen molar-refractivity contribution in [3.05, 3.63) is 311 Å². The summed E-state index contributed by atoms with van der Waals surface area (Å²) in [4.78, 5) is 4.97. The average molecular weight is 1130 g/mol. The van der Waals surface area contributed by atoms with Crippen molar-refractivity contribution in [2.75, 3.05) is 9.80 Å². The Morgan fingerprint density at radius 2 is 0.398 bits per heavy atom. The van der Waals surface area contributed by atoms with Gasteiger partial charge in [-0.05, 0) is 206 Å². The molecule has 17 rings (SSSR count). The topological polar surface area (TPSA) is 6.48 Å². The zero-order valence-corrected chi connectivity index (χ0v) is 51.3. The molecule has 0 radical (unpaired) electrons. The van der Waals surface area contributed by atoms with E-state index in [4.69, 9.17) is 0 Å². The van der Waals surface area contributed by atoms with Crippen LogP contribution in [0.5, 0.6) is 0 Å². The van der Waals surface area contributed by atoms with Crippen LogP contribution in [-0.4, -0.2) is 0 Å². The molecule has 0 N–H and O–H groups in total. The van der Waals surface area contributed by atoms with Crippen LogP contribution in [0.1, 0.15) is 99.9 Å². The van der Waals surface area contributed by atoms with Crippen molar-refractivity contribution >= 4 is 55.7 Å². The third kappa shape index (κ3) is 7.42. The van der Waals surface area contributed by atoms with E-state index in [-0.39, 0.29) is 21.7 Å². The van der Waals surface area contributed by atoms with Gasteiger partial charge in [0.25, 0.3) is 0 Å². The molecule has 0 aliphatic heterocycles. The minimum atomic E-state index is -0.141. The van der Waals surface area contributed by atoms with Gasteiger partial charge in [0.2, 0.25) is 0 Å². The first kappa shape index (κ1) is 52.3. The number of hydrogen-bond acceptors (Lipinski definition) is 2. The van der Waals surface area contributed by atoms with Crippen LogP contribution in [0.25, 0.3) is 88.3 Å². The molecule has 0 aromatic heterocycles. The summed E-state index contributed by atoms with van der Waals surface area (Å²) in [5.74, 6) is 0. The Kier molecular flexibility index (Phi) is 11.1. The second kappa shape index (κ2) is 18.7. The van der Waals surface area contributed by atoms with Crippen molar-refractivity contribution in [1.82, 2.24) is 0 Å². The van der Waals surface area contributed by atoms with Gasteiger partial charge in [-0.2, -0.15) is 0 Å². The van der Waals surface area contributed by atoms with Crippen molar-refractivity contribution in [1.29, 1.82) is 0 Å². The van der Waals surface area contributed by atoms with Gasteiger partial charge in [-0.15, -0.1) is 0 Å². The molecular weight excluding hydrogens is 1060 g/mol. The molecule has 4 aliphatic carbocycles. The monoisotopic (exact) mass is 1130 g/mol. The van der Waals surface area contributed by atoms with E-state index in [0.717, 1.165) is 34.1 Å². The number of fused-ring (bicyclic) bond motifs is 14. The normalized spacial score (nSPS) is 15.2. The lowest BCUT2D eigenvalue weighted by atomic mass is 9.82. The molecule has 0 saturated carbocycles. The average Bonchev–Trinajstić information content (AvgIpc) is 1.58. The second-order valence-corrected chi connectivity index (χ2v) is 27.2. The van der Waals surface area contributed by atoms with Crippen molar-refractivity contribution in [3.63, 3.8) is 0 Å². The van der Waals surface area contributed by atoms with Crippen LogP contribution in [0.15, 0.2) is 267 Å². The van der Waals surface area contributed by atoms with Crippen molar-refractivity contribution in [2.24, 2.45) is 0 Å². The molecule has 13 aromatic carbocycles. The smallest absolute Gasteiger partial charge is 0.0465 e. The Hall–Kier alpha value is -10.0. The molecule has 0 amide bonds. The SMILES string of the molecule is CC1(C)c2ccccc2-c2ccc(N(c3ccc(-c4c5ccccc5c(-c5ccc(N(c6ccc7c(c6)C(C)(C)c6ccccc6-7)c6ccc7c(c6)C(C)(C)c6ccccc6-7)cc5)c5ccccc45)cc3)c3ccc4c(c3)C(C)(C)c3ccccc3-4)cc21. The molecule has 13 aromatic rings. The number of nitrogens with zero attached hydrogens (tertiary/aromatic N) is 2. The van der Waals surface area contributed by atoms with Gasteiger partial charge in [-0.25, -0.2) is 0 Å². The lowest BCUT2D eigenvalue weighted by Gasteiger charge is -2.30. The Labute approximate surface area is 517 Å². The molecule has 0 spiro atoms. The van der Waals surface area contributed by atoms with Gasteiger partial charge in [-0.3, -0.25) is 0 Å². The van der Waals surface area contributed by atoms with E-state index >= 15 is 0 Å². The fourth-order valence-corrected chi connectivity index (χ4v) is 16.5. The summed E-state index contributed by atoms with van der Waals surface area (Å²) in [6.45, 7) is 19.0. The van der Waals surface area contributed by atoms with E-state index in [1.165, 1.54) is 133 Å². The number of hydrogen-bond donors (Lipinski definition) is 0. The number of benzene rings is 13. The maximum absolute atomic E-state index is 2.49. The predicted octanol–water partition coefficient (Wildman–Crippen LogP) is 23.5. The van der Waals surface area contributed by atoms with Gasteiger partial charge < -0.3 is 9.80 Å². The maximum atomic E-state index is 2.49. The molecule has 2 heteroatoms. The lowest BCUT2D eigenvalue weighted by Crippen LogP contribution is -2.18. The van der Waals surface area contributed by atoms with Crippen LogP contribution >= 0.6 is 0 Å². The van der Waals surface area contributed by atoms with Crippen molar-refractivity contribution < 1.29 is 0 Å². The van der Waals surface area contributed by atoms with Crippen LogP contribution < -0.4 is 9.80 Å². The predicted molar refractivity (Wildman–Crippen MR) is 372 cm³/mol. The van der Waals surface area contributed by atoms with E-state index < -0.39 is 0 Å². The van der Waals surface area contributed by atoms with Gasteiger partial charge in [0.15, 0.2) is 0 Å². The highest BCUT2D eigenvalue weighted by Crippen LogP contribution is 2.56. The molecular formula is C86H68N2. The molecule has 0 bridgehead atoms. The molecule has 0 fully saturated rings. The first-order valence-electron chi connectivity index (χ1n) is 31.4. The Morgan fingerprint density at radius 3 is 0.648 bits per heavy atom. The van der Waals surface area contributed by atoms with Gasteiger partial charge in [-0.1, -0.05) is 250 Å². The highest BCUT2D eigenvalue weighted by molar-refractivity contribution is 6.21. The summed E-state index contributed by atoms with van der Waals surface area (Å²) in [6, 6.07) is 101. The van der Waals surface area contributed by atoms with E-state index in [1.807, 2.05) is 0 Å². The summed E-state index contributed by atoms with van der Waals surface area (Å²) >= 11 is 0. The molecule has 2 nitrogen and oxygen atoms in total. The van der Waals surface area contributed by atoms with E-state index in [9.17, 15) is 0 Å². The van der Waals surface area contributed by atoms with E-state index in [1.54, 1.807) is 0 Å². The second-order valence-electron chi connectivity index (χ2n) is 27.2. The fourth-order valence-electron chi connectivity index (χ4n) is 16.5. The van der Waals surface area contributed by atoms with E-state index in [0.29, 0.717) is 0 Å². The molecule has 0 atom stereocenters. The Morgan fingerprint density at radius 1 is 0.193 bits per heavy atom. The first-order chi connectivity index (χ1) is 42.7. The molecule has 0 saturated heterocycles.